The maximum Gasteiger partial charge on any atom is 0.192 e. The Morgan fingerprint density at radius 1 is 1.03 bits per heavy atom. The summed E-state index contributed by atoms with van der Waals surface area (Å²) >= 11 is 7.42. The molecule has 0 aliphatic rings. The molecule has 0 spiro atoms. The second-order valence-corrected chi connectivity index (χ2v) is 8.82. The van der Waals surface area contributed by atoms with E-state index in [9.17, 15) is 4.79 Å². The van der Waals surface area contributed by atoms with Crippen LogP contribution in [0.5, 0.6) is 0 Å². The molecule has 0 saturated heterocycles. The van der Waals surface area contributed by atoms with Crippen molar-refractivity contribution in [3.63, 3.8) is 0 Å². The maximum absolute atomic E-state index is 12.9. The summed E-state index contributed by atoms with van der Waals surface area (Å²) in [7, 11) is 0. The van der Waals surface area contributed by atoms with Gasteiger partial charge in [0, 0.05) is 16.1 Å². The molecule has 2 heterocycles. The molecule has 0 atom stereocenters. The second-order valence-electron chi connectivity index (χ2n) is 7.44. The van der Waals surface area contributed by atoms with E-state index in [1.165, 1.54) is 17.3 Å². The molecule has 5 nitrogen and oxygen atoms in total. The van der Waals surface area contributed by atoms with E-state index in [1.54, 1.807) is 6.26 Å². The molecule has 2 aromatic heterocycles. The molecule has 0 fully saturated rings. The van der Waals surface area contributed by atoms with Crippen LogP contribution in [0.3, 0.4) is 0 Å². The van der Waals surface area contributed by atoms with Gasteiger partial charge in [0.1, 0.15) is 5.76 Å². The Balaban J connectivity index is 1.61. The molecule has 0 saturated carbocycles. The number of carbonyl (C=O) groups is 1. The molecule has 4 aromatic rings. The van der Waals surface area contributed by atoms with Gasteiger partial charge in [-0.25, -0.2) is 0 Å². The Bertz CT molecular complexity index is 1210. The van der Waals surface area contributed by atoms with Crippen LogP contribution in [-0.2, 0) is 6.54 Å². The normalized spacial score (nSPS) is 11.1. The first kappa shape index (κ1) is 21.4. The summed E-state index contributed by atoms with van der Waals surface area (Å²) in [6, 6.07) is 15.2. The number of nitrogens with zero attached hydrogens (tertiary/aromatic N) is 3. The smallest absolute Gasteiger partial charge is 0.192 e. The number of thioether (sulfide) groups is 1. The lowest BCUT2D eigenvalue weighted by molar-refractivity contribution is 0.102. The highest BCUT2D eigenvalue weighted by Gasteiger charge is 2.18. The molecule has 31 heavy (non-hydrogen) atoms. The fraction of sp³-hybridized carbons (Fsp3) is 0.208. The predicted molar refractivity (Wildman–Crippen MR) is 124 cm³/mol. The van der Waals surface area contributed by atoms with Gasteiger partial charge in [-0.1, -0.05) is 29.4 Å². The Labute approximate surface area is 190 Å². The molecule has 0 aliphatic carbocycles. The summed E-state index contributed by atoms with van der Waals surface area (Å²) in [4.78, 5) is 12.9. The van der Waals surface area contributed by atoms with Crippen LogP contribution in [0.15, 0.2) is 64.4 Å². The van der Waals surface area contributed by atoms with Gasteiger partial charge in [-0.3, -0.25) is 9.36 Å². The van der Waals surface area contributed by atoms with Crippen molar-refractivity contribution < 1.29 is 9.21 Å². The molecule has 0 N–H and O–H groups in total. The number of benzene rings is 2. The number of aryl methyl sites for hydroxylation is 3. The summed E-state index contributed by atoms with van der Waals surface area (Å²) in [6.07, 6.45) is 1.64. The average molecular weight is 452 g/mol. The minimum Gasteiger partial charge on any atom is -0.467 e. The van der Waals surface area contributed by atoms with Crippen LogP contribution < -0.4 is 0 Å². The molecule has 4 rings (SSSR count). The van der Waals surface area contributed by atoms with Crippen molar-refractivity contribution in [2.45, 2.75) is 32.5 Å². The lowest BCUT2D eigenvalue weighted by Crippen LogP contribution is -2.08. The largest absolute Gasteiger partial charge is 0.467 e. The highest BCUT2D eigenvalue weighted by molar-refractivity contribution is 7.99. The van der Waals surface area contributed by atoms with E-state index in [2.05, 4.69) is 23.2 Å². The van der Waals surface area contributed by atoms with E-state index in [4.69, 9.17) is 16.0 Å². The van der Waals surface area contributed by atoms with E-state index >= 15 is 0 Å². The minimum absolute atomic E-state index is 0.0752. The van der Waals surface area contributed by atoms with E-state index in [0.717, 1.165) is 28.0 Å². The van der Waals surface area contributed by atoms with Gasteiger partial charge in [0.25, 0.3) is 0 Å². The van der Waals surface area contributed by atoms with Crippen LogP contribution in [0.4, 0.5) is 0 Å². The maximum atomic E-state index is 12.9. The second kappa shape index (κ2) is 9.12. The van der Waals surface area contributed by atoms with Gasteiger partial charge >= 0.3 is 0 Å². The van der Waals surface area contributed by atoms with Crippen molar-refractivity contribution >= 4 is 29.1 Å². The van der Waals surface area contributed by atoms with Gasteiger partial charge in [-0.15, -0.1) is 10.2 Å². The molecule has 2 aromatic carbocycles. The van der Waals surface area contributed by atoms with Crippen molar-refractivity contribution in [3.05, 3.63) is 87.8 Å². The third kappa shape index (κ3) is 4.75. The SMILES string of the molecule is Cc1cc(C)c(C(=O)CSc2nnc(-c3ccc(Cl)cc3)n2Cc2ccco2)cc1C. The fourth-order valence-corrected chi connectivity index (χ4v) is 4.32. The number of hydrogen-bond donors (Lipinski definition) is 0. The lowest BCUT2D eigenvalue weighted by Gasteiger charge is -2.10. The van der Waals surface area contributed by atoms with Gasteiger partial charge in [0.05, 0.1) is 18.6 Å². The summed E-state index contributed by atoms with van der Waals surface area (Å²) in [5, 5.41) is 10.1. The first-order valence-electron chi connectivity index (χ1n) is 9.87. The van der Waals surface area contributed by atoms with Crippen LogP contribution >= 0.6 is 23.4 Å². The third-order valence-corrected chi connectivity index (χ3v) is 6.41. The Hall–Kier alpha value is -2.83. The van der Waals surface area contributed by atoms with Gasteiger partial charge in [0.15, 0.2) is 16.8 Å². The van der Waals surface area contributed by atoms with E-state index in [-0.39, 0.29) is 11.5 Å². The Morgan fingerprint density at radius 2 is 1.77 bits per heavy atom. The topological polar surface area (TPSA) is 60.9 Å². The number of aromatic nitrogens is 3. The lowest BCUT2D eigenvalue weighted by atomic mass is 9.99. The third-order valence-electron chi connectivity index (χ3n) is 5.19. The van der Waals surface area contributed by atoms with Crippen molar-refractivity contribution in [2.24, 2.45) is 0 Å². The highest BCUT2D eigenvalue weighted by Crippen LogP contribution is 2.27. The van der Waals surface area contributed by atoms with Crippen LogP contribution in [0.2, 0.25) is 5.02 Å². The van der Waals surface area contributed by atoms with Gasteiger partial charge < -0.3 is 4.42 Å². The first-order chi connectivity index (χ1) is 14.9. The van der Waals surface area contributed by atoms with Crippen molar-refractivity contribution in [1.82, 2.24) is 14.8 Å². The number of furan rings is 1. The summed E-state index contributed by atoms with van der Waals surface area (Å²) < 4.78 is 7.50. The van der Waals surface area contributed by atoms with Crippen LogP contribution in [-0.4, -0.2) is 26.3 Å². The zero-order valence-corrected chi connectivity index (χ0v) is 19.1. The Kier molecular flexibility index (Phi) is 6.30. The van der Waals surface area contributed by atoms with Crippen LogP contribution in [0.25, 0.3) is 11.4 Å². The molecule has 0 amide bonds. The molecule has 0 unspecified atom stereocenters. The fourth-order valence-electron chi connectivity index (χ4n) is 3.38. The standard InChI is InChI=1S/C24H22ClN3O2S/c1-15-11-17(3)21(12-16(15)2)22(29)14-31-24-27-26-23(18-6-8-19(25)9-7-18)28(24)13-20-5-4-10-30-20/h4-12H,13-14H2,1-3H3. The molecule has 0 bridgehead atoms. The number of halogens is 1. The number of Topliss-reactive ketones (excluding diaryl/α,β-unsaturated/α-hetero) is 1. The highest BCUT2D eigenvalue weighted by atomic mass is 35.5. The van der Waals surface area contributed by atoms with Crippen LogP contribution in [0, 0.1) is 20.8 Å². The van der Waals surface area contributed by atoms with Crippen molar-refractivity contribution in [3.8, 4) is 11.4 Å². The van der Waals surface area contributed by atoms with Gasteiger partial charge in [-0.2, -0.15) is 0 Å². The average Bonchev–Trinajstić information content (AvgIpc) is 3.40. The number of ketones is 1. The molecule has 7 heteroatoms. The number of hydrogen-bond acceptors (Lipinski definition) is 5. The zero-order chi connectivity index (χ0) is 22.0. The summed E-state index contributed by atoms with van der Waals surface area (Å²) in [5.74, 6) is 1.84. The van der Waals surface area contributed by atoms with Gasteiger partial charge in [-0.05, 0) is 79.9 Å². The first-order valence-corrected chi connectivity index (χ1v) is 11.2. The number of rotatable bonds is 7. The summed E-state index contributed by atoms with van der Waals surface area (Å²) in [6.45, 7) is 6.53. The predicted octanol–water partition coefficient (Wildman–Crippen LogP) is 6.14. The molecule has 0 radical (unpaired) electrons. The molecular weight excluding hydrogens is 430 g/mol. The molecular formula is C24H22ClN3O2S. The monoisotopic (exact) mass is 451 g/mol. The quantitative estimate of drug-likeness (QED) is 0.249. The van der Waals surface area contributed by atoms with Crippen molar-refractivity contribution in [1.29, 1.82) is 0 Å². The van der Waals surface area contributed by atoms with Gasteiger partial charge in [0.2, 0.25) is 0 Å². The summed E-state index contributed by atoms with van der Waals surface area (Å²) in [5.41, 5.74) is 4.95. The zero-order valence-electron chi connectivity index (χ0n) is 17.6. The van der Waals surface area contributed by atoms with E-state index in [0.29, 0.717) is 22.5 Å². The molecule has 158 valence electrons. The number of carbonyl (C=O) groups excluding carboxylic acids is 1. The van der Waals surface area contributed by atoms with E-state index in [1.807, 2.05) is 60.9 Å². The molecule has 0 aliphatic heterocycles. The van der Waals surface area contributed by atoms with Crippen LogP contribution in [0.1, 0.15) is 32.8 Å². The van der Waals surface area contributed by atoms with Crippen molar-refractivity contribution in [2.75, 3.05) is 5.75 Å². The Morgan fingerprint density at radius 3 is 2.48 bits per heavy atom. The van der Waals surface area contributed by atoms with E-state index < -0.39 is 0 Å². The minimum atomic E-state index is 0.0752.